The standard InChI is InChI=1S/C12H9Cl3N2O2/c1-17(2)12(19)8(5-16)11(18)7-3-6(13)4-9(14)10(7)15/h3-4,18H,1-2H3. The first kappa shape index (κ1) is 15.6. The quantitative estimate of drug-likeness (QED) is 0.392. The molecule has 0 saturated heterocycles. The predicted molar refractivity (Wildman–Crippen MR) is 75.3 cm³/mol. The summed E-state index contributed by atoms with van der Waals surface area (Å²) in [6.45, 7) is 0. The number of halogens is 3. The Morgan fingerprint density at radius 2 is 1.89 bits per heavy atom. The van der Waals surface area contributed by atoms with E-state index in [9.17, 15) is 9.90 Å². The summed E-state index contributed by atoms with van der Waals surface area (Å²) < 4.78 is 0. The maximum absolute atomic E-state index is 11.7. The third-order valence-corrected chi connectivity index (χ3v) is 3.24. The van der Waals surface area contributed by atoms with Crippen LogP contribution in [-0.2, 0) is 4.79 Å². The van der Waals surface area contributed by atoms with Gasteiger partial charge in [-0.1, -0.05) is 34.8 Å². The van der Waals surface area contributed by atoms with Crippen LogP contribution in [0.25, 0.3) is 5.76 Å². The van der Waals surface area contributed by atoms with Crippen molar-refractivity contribution in [1.29, 1.82) is 5.26 Å². The molecular weight excluding hydrogens is 311 g/mol. The predicted octanol–water partition coefficient (Wildman–Crippen LogP) is 3.53. The van der Waals surface area contributed by atoms with Crippen molar-refractivity contribution >= 4 is 46.5 Å². The summed E-state index contributed by atoms with van der Waals surface area (Å²) in [4.78, 5) is 12.9. The fourth-order valence-electron chi connectivity index (χ4n) is 1.29. The summed E-state index contributed by atoms with van der Waals surface area (Å²) in [6.07, 6.45) is 0. The molecule has 1 aromatic rings. The van der Waals surface area contributed by atoms with Gasteiger partial charge in [-0.3, -0.25) is 4.79 Å². The van der Waals surface area contributed by atoms with Crippen molar-refractivity contribution in [2.45, 2.75) is 0 Å². The summed E-state index contributed by atoms with van der Waals surface area (Å²) in [6, 6.07) is 4.36. The van der Waals surface area contributed by atoms with Crippen molar-refractivity contribution in [2.75, 3.05) is 14.1 Å². The van der Waals surface area contributed by atoms with E-state index in [0.717, 1.165) is 4.90 Å². The molecule has 0 radical (unpaired) electrons. The maximum atomic E-state index is 11.7. The number of carbonyl (C=O) groups is 1. The number of nitriles is 1. The van der Waals surface area contributed by atoms with E-state index >= 15 is 0 Å². The first-order chi connectivity index (χ1) is 8.79. The molecule has 0 aliphatic rings. The molecule has 0 fully saturated rings. The highest BCUT2D eigenvalue weighted by Gasteiger charge is 2.21. The van der Waals surface area contributed by atoms with Crippen LogP contribution in [0.15, 0.2) is 17.7 Å². The van der Waals surface area contributed by atoms with Crippen molar-refractivity contribution in [1.82, 2.24) is 4.90 Å². The fourth-order valence-corrected chi connectivity index (χ4v) is 1.98. The number of hydrogen-bond acceptors (Lipinski definition) is 3. The molecule has 7 heteroatoms. The lowest BCUT2D eigenvalue weighted by Gasteiger charge is -2.12. The number of rotatable bonds is 2. The van der Waals surface area contributed by atoms with Crippen LogP contribution in [0.2, 0.25) is 15.1 Å². The molecule has 0 atom stereocenters. The number of aliphatic hydroxyl groups excluding tert-OH is 1. The molecule has 1 amide bonds. The minimum absolute atomic E-state index is 0.0165. The normalized spacial score (nSPS) is 11.6. The molecule has 0 aromatic heterocycles. The largest absolute Gasteiger partial charge is 0.506 e. The zero-order valence-electron chi connectivity index (χ0n) is 10.0. The van der Waals surface area contributed by atoms with Gasteiger partial charge in [0.15, 0.2) is 5.57 Å². The van der Waals surface area contributed by atoms with Crippen molar-refractivity contribution < 1.29 is 9.90 Å². The van der Waals surface area contributed by atoms with Crippen molar-refractivity contribution in [2.24, 2.45) is 0 Å². The molecule has 0 heterocycles. The van der Waals surface area contributed by atoms with Crippen molar-refractivity contribution in [3.63, 3.8) is 0 Å². The minimum atomic E-state index is -0.646. The number of hydrogen-bond donors (Lipinski definition) is 1. The first-order valence-corrected chi connectivity index (χ1v) is 6.12. The Bertz CT molecular complexity index is 604. The Morgan fingerprint density at radius 1 is 1.32 bits per heavy atom. The van der Waals surface area contributed by atoms with Gasteiger partial charge in [-0.15, -0.1) is 0 Å². The van der Waals surface area contributed by atoms with Crippen LogP contribution in [0.3, 0.4) is 0 Å². The number of likely N-dealkylation sites (N-methyl/N-ethyl adjacent to an activating group) is 1. The van der Waals surface area contributed by atoms with Crippen LogP contribution in [0.5, 0.6) is 0 Å². The number of benzene rings is 1. The number of aliphatic hydroxyl groups is 1. The average Bonchev–Trinajstić information content (AvgIpc) is 2.34. The molecule has 1 N–H and O–H groups in total. The topological polar surface area (TPSA) is 64.3 Å². The van der Waals surface area contributed by atoms with Crippen LogP contribution in [0.4, 0.5) is 0 Å². The van der Waals surface area contributed by atoms with Crippen LogP contribution in [0, 0.1) is 11.3 Å². The Hall–Kier alpha value is -1.41. The van der Waals surface area contributed by atoms with Gasteiger partial charge in [-0.25, -0.2) is 0 Å². The highest BCUT2D eigenvalue weighted by atomic mass is 35.5. The lowest BCUT2D eigenvalue weighted by Crippen LogP contribution is -2.23. The smallest absolute Gasteiger partial charge is 0.267 e. The van der Waals surface area contributed by atoms with E-state index in [2.05, 4.69) is 0 Å². The molecular formula is C12H9Cl3N2O2. The van der Waals surface area contributed by atoms with Gasteiger partial charge in [0.25, 0.3) is 5.91 Å². The van der Waals surface area contributed by atoms with Crippen molar-refractivity contribution in [3.8, 4) is 6.07 Å². The minimum Gasteiger partial charge on any atom is -0.506 e. The summed E-state index contributed by atoms with van der Waals surface area (Å²) in [5, 5.41) is 19.4. The summed E-state index contributed by atoms with van der Waals surface area (Å²) in [5.74, 6) is -1.21. The van der Waals surface area contributed by atoms with E-state index in [-0.39, 0.29) is 20.6 Å². The molecule has 4 nitrogen and oxygen atoms in total. The molecule has 0 spiro atoms. The van der Waals surface area contributed by atoms with Gasteiger partial charge in [0, 0.05) is 24.7 Å². The lowest BCUT2D eigenvalue weighted by molar-refractivity contribution is -0.124. The SMILES string of the molecule is CN(C)C(=O)C(C#N)=C(O)c1cc(Cl)cc(Cl)c1Cl. The Kier molecular flexibility index (Phi) is 5.07. The zero-order valence-corrected chi connectivity index (χ0v) is 12.3. The summed E-state index contributed by atoms with van der Waals surface area (Å²) in [5.41, 5.74) is -0.406. The van der Waals surface area contributed by atoms with E-state index in [0.29, 0.717) is 0 Å². The number of carbonyl (C=O) groups excluding carboxylic acids is 1. The molecule has 0 saturated carbocycles. The molecule has 1 aromatic carbocycles. The monoisotopic (exact) mass is 318 g/mol. The average molecular weight is 320 g/mol. The molecule has 0 bridgehead atoms. The molecule has 19 heavy (non-hydrogen) atoms. The van der Waals surface area contributed by atoms with E-state index in [1.807, 2.05) is 0 Å². The van der Waals surface area contributed by atoms with Crippen molar-refractivity contribution in [3.05, 3.63) is 38.3 Å². The highest BCUT2D eigenvalue weighted by molar-refractivity contribution is 6.44. The summed E-state index contributed by atoms with van der Waals surface area (Å²) in [7, 11) is 2.92. The number of nitrogens with zero attached hydrogens (tertiary/aromatic N) is 2. The third-order valence-electron chi connectivity index (χ3n) is 2.22. The third kappa shape index (κ3) is 3.32. The molecule has 0 aliphatic carbocycles. The maximum Gasteiger partial charge on any atom is 0.267 e. The molecule has 1 rings (SSSR count). The molecule has 100 valence electrons. The second-order valence-corrected chi connectivity index (χ2v) is 5.01. The zero-order chi connectivity index (χ0) is 14.7. The molecule has 0 aliphatic heterocycles. The fraction of sp³-hybridized carbons (Fsp3) is 0.167. The van der Waals surface area contributed by atoms with E-state index < -0.39 is 17.2 Å². The summed E-state index contributed by atoms with van der Waals surface area (Å²) >= 11 is 17.6. The first-order valence-electron chi connectivity index (χ1n) is 4.99. The number of amides is 1. The van der Waals surface area contributed by atoms with E-state index in [1.165, 1.54) is 26.2 Å². The van der Waals surface area contributed by atoms with Crippen LogP contribution < -0.4 is 0 Å². The Morgan fingerprint density at radius 3 is 2.37 bits per heavy atom. The van der Waals surface area contributed by atoms with Gasteiger partial charge >= 0.3 is 0 Å². The van der Waals surface area contributed by atoms with Crippen LogP contribution in [-0.4, -0.2) is 30.0 Å². The lowest BCUT2D eigenvalue weighted by atomic mass is 10.1. The van der Waals surface area contributed by atoms with Gasteiger partial charge < -0.3 is 10.0 Å². The van der Waals surface area contributed by atoms with Gasteiger partial charge in [0.1, 0.15) is 11.8 Å². The van der Waals surface area contributed by atoms with Crippen LogP contribution in [0.1, 0.15) is 5.56 Å². The highest BCUT2D eigenvalue weighted by Crippen LogP contribution is 2.34. The second-order valence-electron chi connectivity index (χ2n) is 3.78. The van der Waals surface area contributed by atoms with Gasteiger partial charge in [-0.2, -0.15) is 5.26 Å². The van der Waals surface area contributed by atoms with Gasteiger partial charge in [0.05, 0.1) is 10.0 Å². The van der Waals surface area contributed by atoms with E-state index in [4.69, 9.17) is 40.1 Å². The Balaban J connectivity index is 3.52. The second kappa shape index (κ2) is 6.16. The Labute approximate surface area is 125 Å². The van der Waals surface area contributed by atoms with Crippen LogP contribution >= 0.6 is 34.8 Å². The van der Waals surface area contributed by atoms with Gasteiger partial charge in [0.2, 0.25) is 0 Å². The molecule has 0 unspecified atom stereocenters. The van der Waals surface area contributed by atoms with E-state index in [1.54, 1.807) is 6.07 Å². The van der Waals surface area contributed by atoms with Gasteiger partial charge in [-0.05, 0) is 12.1 Å².